The lowest BCUT2D eigenvalue weighted by molar-refractivity contribution is -0.161. The van der Waals surface area contributed by atoms with Crippen molar-refractivity contribution in [2.45, 2.75) is 342 Å². The first-order valence-corrected chi connectivity index (χ1v) is 37.0. The van der Waals surface area contributed by atoms with Gasteiger partial charge < -0.3 is 33.8 Å². The highest BCUT2D eigenvalue weighted by molar-refractivity contribution is 7.47. The zero-order valence-electron chi connectivity index (χ0n) is 54.2. The first kappa shape index (κ1) is 82.1. The van der Waals surface area contributed by atoms with Crippen LogP contribution in [0, 0.1) is 11.8 Å². The number of hydrogen-bond acceptors (Lipinski definition) is 15. The van der Waals surface area contributed by atoms with Gasteiger partial charge >= 0.3 is 39.5 Å². The van der Waals surface area contributed by atoms with Gasteiger partial charge in [-0.1, -0.05) is 273 Å². The second-order valence-corrected chi connectivity index (χ2v) is 27.1. The molecule has 0 bridgehead atoms. The minimum atomic E-state index is -4.95. The fraction of sp³-hybridized carbons (Fsp3) is 0.938. The molecule has 0 rings (SSSR count). The maximum atomic E-state index is 13.0. The Labute approximate surface area is 511 Å². The molecule has 0 amide bonds. The van der Waals surface area contributed by atoms with Crippen LogP contribution in [0.25, 0.3) is 0 Å². The maximum Gasteiger partial charge on any atom is 0.472 e. The lowest BCUT2D eigenvalue weighted by Gasteiger charge is -2.21. The molecule has 0 fully saturated rings. The summed E-state index contributed by atoms with van der Waals surface area (Å²) in [5.41, 5.74) is 0. The van der Waals surface area contributed by atoms with Crippen molar-refractivity contribution in [3.8, 4) is 0 Å². The monoisotopic (exact) mass is 1240 g/mol. The molecule has 0 saturated heterocycles. The second kappa shape index (κ2) is 57.5. The van der Waals surface area contributed by atoms with Crippen molar-refractivity contribution in [1.29, 1.82) is 0 Å². The number of aliphatic hydroxyl groups is 1. The smallest absolute Gasteiger partial charge is 0.462 e. The highest BCUT2D eigenvalue weighted by Gasteiger charge is 2.30. The van der Waals surface area contributed by atoms with Gasteiger partial charge in [-0.2, -0.15) is 0 Å². The maximum absolute atomic E-state index is 13.0. The van der Waals surface area contributed by atoms with Gasteiger partial charge in [0.1, 0.15) is 19.3 Å². The summed E-state index contributed by atoms with van der Waals surface area (Å²) in [7, 11) is -9.89. The van der Waals surface area contributed by atoms with E-state index in [1.165, 1.54) is 135 Å². The molecule has 0 aromatic heterocycles. The van der Waals surface area contributed by atoms with E-state index >= 15 is 0 Å². The fourth-order valence-electron chi connectivity index (χ4n) is 9.68. The predicted octanol–water partition coefficient (Wildman–Crippen LogP) is 18.0. The molecule has 0 aliphatic rings. The molecule has 19 heteroatoms. The van der Waals surface area contributed by atoms with E-state index < -0.39 is 97.5 Å². The van der Waals surface area contributed by atoms with Crippen molar-refractivity contribution in [2.75, 3.05) is 39.6 Å². The molecule has 17 nitrogen and oxygen atoms in total. The van der Waals surface area contributed by atoms with Crippen molar-refractivity contribution in [3.05, 3.63) is 0 Å². The molecule has 3 N–H and O–H groups in total. The summed E-state index contributed by atoms with van der Waals surface area (Å²) in [6.45, 7) is 9.44. The molecule has 498 valence electrons. The van der Waals surface area contributed by atoms with Crippen molar-refractivity contribution >= 4 is 39.5 Å². The summed E-state index contributed by atoms with van der Waals surface area (Å²) in [5.74, 6) is -0.639. The van der Waals surface area contributed by atoms with E-state index in [2.05, 4.69) is 41.5 Å². The van der Waals surface area contributed by atoms with Crippen LogP contribution in [0.3, 0.4) is 0 Å². The topological polar surface area (TPSA) is 237 Å². The van der Waals surface area contributed by atoms with Crippen LogP contribution in [-0.2, 0) is 65.4 Å². The third-order valence-electron chi connectivity index (χ3n) is 15.3. The quantitative estimate of drug-likeness (QED) is 0.0222. The number of aliphatic hydroxyl groups excluding tert-OH is 1. The fourth-order valence-corrected chi connectivity index (χ4v) is 11.3. The third kappa shape index (κ3) is 57.8. The number of carbonyl (C=O) groups excluding carboxylic acids is 4. The highest BCUT2D eigenvalue weighted by atomic mass is 31.2. The Balaban J connectivity index is 5.23. The molecule has 0 heterocycles. The number of esters is 4. The molecule has 0 spiro atoms. The third-order valence-corrected chi connectivity index (χ3v) is 17.2. The lowest BCUT2D eigenvalue weighted by atomic mass is 10.00. The van der Waals surface area contributed by atoms with E-state index in [0.29, 0.717) is 25.7 Å². The first-order chi connectivity index (χ1) is 40.4. The van der Waals surface area contributed by atoms with Crippen LogP contribution in [-0.4, -0.2) is 96.7 Å². The molecule has 84 heavy (non-hydrogen) atoms. The average molecular weight is 1240 g/mol. The standard InChI is InChI=1S/C65H126O17P2/c1-7-10-12-14-16-18-21-25-29-36-42-48-63(68)76-53-60(81-64(69)49-43-37-30-26-23-20-19-22-24-27-33-39-45-57(4)5)55-79-83(71,72)77-51-59(66)52-78-84(73,74)80-56-61(54-75-62(67)47-41-35-28-17-15-13-11-8-2)82-65(70)50-44-38-32-31-34-40-46-58(6)9-3/h57-61,66H,7-56H2,1-6H3,(H,71,72)(H,73,74)/t58?,59-,60-,61-/m1/s1. The van der Waals surface area contributed by atoms with Gasteiger partial charge in [-0.15, -0.1) is 0 Å². The molecule has 0 aromatic rings. The van der Waals surface area contributed by atoms with Crippen LogP contribution in [0.5, 0.6) is 0 Å². The molecular formula is C65H126O17P2. The van der Waals surface area contributed by atoms with Crippen molar-refractivity contribution in [3.63, 3.8) is 0 Å². The molecule has 0 aromatic carbocycles. The Morgan fingerprint density at radius 3 is 0.905 bits per heavy atom. The summed E-state index contributed by atoms with van der Waals surface area (Å²) in [6.07, 6.45) is 40.3. The van der Waals surface area contributed by atoms with Gasteiger partial charge in [0.05, 0.1) is 26.4 Å². The van der Waals surface area contributed by atoms with Crippen LogP contribution < -0.4 is 0 Å². The van der Waals surface area contributed by atoms with E-state index in [9.17, 15) is 43.2 Å². The average Bonchev–Trinajstić information content (AvgIpc) is 3.60. The zero-order chi connectivity index (χ0) is 62.2. The van der Waals surface area contributed by atoms with E-state index in [1.54, 1.807) is 0 Å². The van der Waals surface area contributed by atoms with Crippen LogP contribution >= 0.6 is 15.6 Å². The van der Waals surface area contributed by atoms with Gasteiger partial charge in [0, 0.05) is 25.7 Å². The summed E-state index contributed by atoms with van der Waals surface area (Å²) in [6, 6.07) is 0. The Morgan fingerprint density at radius 1 is 0.345 bits per heavy atom. The molecule has 6 atom stereocenters. The van der Waals surface area contributed by atoms with Crippen LogP contribution in [0.4, 0.5) is 0 Å². The van der Waals surface area contributed by atoms with E-state index in [-0.39, 0.29) is 25.7 Å². The van der Waals surface area contributed by atoms with Gasteiger partial charge in [-0.3, -0.25) is 37.3 Å². The summed E-state index contributed by atoms with van der Waals surface area (Å²) >= 11 is 0. The van der Waals surface area contributed by atoms with Crippen molar-refractivity contribution in [2.24, 2.45) is 11.8 Å². The number of hydrogen-bond donors (Lipinski definition) is 3. The minimum Gasteiger partial charge on any atom is -0.462 e. The van der Waals surface area contributed by atoms with Crippen LogP contribution in [0.1, 0.15) is 324 Å². The number of rotatable bonds is 64. The van der Waals surface area contributed by atoms with Crippen molar-refractivity contribution < 1.29 is 80.2 Å². The van der Waals surface area contributed by atoms with E-state index in [1.807, 2.05) is 0 Å². The Morgan fingerprint density at radius 2 is 0.607 bits per heavy atom. The van der Waals surface area contributed by atoms with Crippen LogP contribution in [0.2, 0.25) is 0 Å². The number of unbranched alkanes of at least 4 members (excludes halogenated alkanes) is 33. The SMILES string of the molecule is CCCCCCCCCCCCCC(=O)OC[C@H](COP(=O)(O)OC[C@@H](O)COP(=O)(O)OC[C@@H](COC(=O)CCCCCCCCCC)OC(=O)CCCCCCCCC(C)CC)OC(=O)CCCCCCCCCCCCCCC(C)C. The molecular weight excluding hydrogens is 1110 g/mol. The molecule has 0 aliphatic carbocycles. The molecule has 0 saturated carbocycles. The van der Waals surface area contributed by atoms with E-state index in [4.69, 9.17) is 37.0 Å². The summed E-state index contributed by atoms with van der Waals surface area (Å²) < 4.78 is 68.0. The number of carbonyl (C=O) groups is 4. The van der Waals surface area contributed by atoms with Gasteiger partial charge in [-0.05, 0) is 37.5 Å². The number of ether oxygens (including phenoxy) is 4. The lowest BCUT2D eigenvalue weighted by Crippen LogP contribution is -2.30. The van der Waals surface area contributed by atoms with Gasteiger partial charge in [0.15, 0.2) is 12.2 Å². The number of phosphoric ester groups is 2. The highest BCUT2D eigenvalue weighted by Crippen LogP contribution is 2.45. The van der Waals surface area contributed by atoms with Crippen molar-refractivity contribution in [1.82, 2.24) is 0 Å². The zero-order valence-corrected chi connectivity index (χ0v) is 56.0. The molecule has 0 radical (unpaired) electrons. The summed E-state index contributed by atoms with van der Waals surface area (Å²) in [5, 5.41) is 10.5. The first-order valence-electron chi connectivity index (χ1n) is 34.0. The number of phosphoric acid groups is 2. The minimum absolute atomic E-state index is 0.103. The second-order valence-electron chi connectivity index (χ2n) is 24.2. The summed E-state index contributed by atoms with van der Waals surface area (Å²) in [4.78, 5) is 72.2. The normalized spacial score (nSPS) is 14.6. The van der Waals surface area contributed by atoms with Gasteiger partial charge in [-0.25, -0.2) is 9.13 Å². The van der Waals surface area contributed by atoms with Crippen LogP contribution in [0.15, 0.2) is 0 Å². The Kier molecular flexibility index (Phi) is 56.2. The predicted molar refractivity (Wildman–Crippen MR) is 335 cm³/mol. The van der Waals surface area contributed by atoms with Gasteiger partial charge in [0.2, 0.25) is 0 Å². The van der Waals surface area contributed by atoms with E-state index in [0.717, 1.165) is 108 Å². The van der Waals surface area contributed by atoms with Gasteiger partial charge in [0.25, 0.3) is 0 Å². The molecule has 3 unspecified atom stereocenters. The Hall–Kier alpha value is -1.94. The largest absolute Gasteiger partial charge is 0.472 e. The molecule has 0 aliphatic heterocycles. The Bertz CT molecular complexity index is 1650.